The van der Waals surface area contributed by atoms with Crippen molar-refractivity contribution in [1.29, 1.82) is 0 Å². The first kappa shape index (κ1) is 24.3. The average molecular weight is 478 g/mol. The van der Waals surface area contributed by atoms with Gasteiger partial charge in [-0.2, -0.15) is 0 Å². The summed E-state index contributed by atoms with van der Waals surface area (Å²) >= 11 is 0. The molecule has 4 rings (SSSR count). The Bertz CT molecular complexity index is 1190. The third kappa shape index (κ3) is 6.62. The van der Waals surface area contributed by atoms with Gasteiger partial charge in [-0.05, 0) is 35.6 Å². The van der Waals surface area contributed by atoms with E-state index >= 15 is 0 Å². The van der Waals surface area contributed by atoms with Crippen molar-refractivity contribution in [2.75, 3.05) is 6.79 Å². The van der Waals surface area contributed by atoms with Crippen molar-refractivity contribution in [3.8, 4) is 11.5 Å². The third-order valence-electron chi connectivity index (χ3n) is 5.56. The van der Waals surface area contributed by atoms with E-state index in [-0.39, 0.29) is 36.3 Å². The molecule has 0 fully saturated rings. The van der Waals surface area contributed by atoms with Gasteiger partial charge in [0.1, 0.15) is 0 Å². The minimum Gasteiger partial charge on any atom is -0.454 e. The normalized spacial score (nSPS) is 12.5. The minimum absolute atomic E-state index is 0.0169. The van der Waals surface area contributed by atoms with E-state index in [1.54, 1.807) is 11.0 Å². The highest BCUT2D eigenvalue weighted by molar-refractivity contribution is 5.92. The zero-order valence-corrected chi connectivity index (χ0v) is 20.6. The molecule has 0 radical (unpaired) electrons. The number of ether oxygens (including phenoxy) is 2. The molecule has 0 saturated carbocycles. The largest absolute Gasteiger partial charge is 0.454 e. The summed E-state index contributed by atoms with van der Waals surface area (Å²) in [7, 11) is 0. The van der Waals surface area contributed by atoms with E-state index in [1.807, 2.05) is 70.2 Å². The fraction of sp³-hybridized carbons (Fsp3) is 0.370. The van der Waals surface area contributed by atoms with E-state index in [4.69, 9.17) is 14.0 Å². The Kier molecular flexibility index (Phi) is 7.10. The molecule has 1 aliphatic heterocycles. The molecule has 35 heavy (non-hydrogen) atoms. The lowest BCUT2D eigenvalue weighted by Gasteiger charge is -2.26. The Morgan fingerprint density at radius 1 is 0.971 bits per heavy atom. The Morgan fingerprint density at radius 2 is 1.69 bits per heavy atom. The average Bonchev–Trinajstić information content (AvgIpc) is 3.46. The lowest BCUT2D eigenvalue weighted by molar-refractivity contribution is -0.134. The molecule has 2 heterocycles. The van der Waals surface area contributed by atoms with Crippen molar-refractivity contribution in [1.82, 2.24) is 15.4 Å². The van der Waals surface area contributed by atoms with Crippen LogP contribution in [-0.4, -0.2) is 28.7 Å². The molecule has 184 valence electrons. The molecule has 0 saturated heterocycles. The highest BCUT2D eigenvalue weighted by Gasteiger charge is 2.24. The van der Waals surface area contributed by atoms with Crippen molar-refractivity contribution in [2.24, 2.45) is 5.41 Å². The molecule has 2 amide bonds. The second-order valence-electron chi connectivity index (χ2n) is 10.0. The number of rotatable bonds is 8. The predicted octanol–water partition coefficient (Wildman–Crippen LogP) is 4.61. The first-order chi connectivity index (χ1) is 16.7. The van der Waals surface area contributed by atoms with Gasteiger partial charge in [0, 0.05) is 25.6 Å². The molecule has 1 aliphatic rings. The zero-order valence-electron chi connectivity index (χ0n) is 20.6. The fourth-order valence-electron chi connectivity index (χ4n) is 3.72. The van der Waals surface area contributed by atoms with E-state index < -0.39 is 0 Å². The summed E-state index contributed by atoms with van der Waals surface area (Å²) in [6.45, 7) is 9.31. The van der Waals surface area contributed by atoms with Crippen LogP contribution in [0.4, 0.5) is 0 Å². The summed E-state index contributed by atoms with van der Waals surface area (Å²) in [4.78, 5) is 27.4. The molecule has 1 aromatic heterocycles. The first-order valence-corrected chi connectivity index (χ1v) is 11.6. The van der Waals surface area contributed by atoms with Gasteiger partial charge in [-0.3, -0.25) is 9.59 Å². The van der Waals surface area contributed by atoms with E-state index in [9.17, 15) is 9.59 Å². The topological polar surface area (TPSA) is 93.9 Å². The van der Waals surface area contributed by atoms with Crippen LogP contribution in [0, 0.1) is 12.3 Å². The number of aryl methyl sites for hydroxylation is 1. The maximum Gasteiger partial charge on any atom is 0.273 e. The summed E-state index contributed by atoms with van der Waals surface area (Å²) in [5.74, 6) is 1.46. The number of hydrogen-bond donors (Lipinski definition) is 1. The maximum atomic E-state index is 13.1. The van der Waals surface area contributed by atoms with Gasteiger partial charge in [0.15, 0.2) is 23.0 Å². The van der Waals surface area contributed by atoms with Gasteiger partial charge < -0.3 is 24.2 Å². The van der Waals surface area contributed by atoms with Crippen LogP contribution in [0.2, 0.25) is 0 Å². The van der Waals surface area contributed by atoms with Gasteiger partial charge in [-0.25, -0.2) is 0 Å². The highest BCUT2D eigenvalue weighted by atomic mass is 16.7. The molecule has 2 aromatic carbocycles. The van der Waals surface area contributed by atoms with Crippen molar-refractivity contribution < 1.29 is 23.6 Å². The lowest BCUT2D eigenvalue weighted by Crippen LogP contribution is -2.32. The number of carbonyl (C=O) groups excluding carboxylic acids is 2. The van der Waals surface area contributed by atoms with Gasteiger partial charge >= 0.3 is 0 Å². The number of fused-ring (bicyclic) bond motifs is 1. The summed E-state index contributed by atoms with van der Waals surface area (Å²) in [6.07, 6.45) is 0.399. The SMILES string of the molecule is Cc1ccc(CN(Cc2cc(C(=O)NCc3ccc4c(c3)OCO4)no2)C(=O)CC(C)(C)C)cc1. The second kappa shape index (κ2) is 10.2. The molecule has 3 aromatic rings. The summed E-state index contributed by atoms with van der Waals surface area (Å²) in [5, 5.41) is 6.76. The van der Waals surface area contributed by atoms with Crippen LogP contribution in [0.15, 0.2) is 53.1 Å². The number of nitrogens with one attached hydrogen (secondary N) is 1. The van der Waals surface area contributed by atoms with Gasteiger partial charge in [0.25, 0.3) is 5.91 Å². The Hall–Kier alpha value is -3.81. The van der Waals surface area contributed by atoms with Crippen LogP contribution in [0.1, 0.15) is 60.1 Å². The lowest BCUT2D eigenvalue weighted by atomic mass is 9.91. The number of nitrogens with zero attached hydrogens (tertiary/aromatic N) is 2. The maximum absolute atomic E-state index is 13.1. The van der Waals surface area contributed by atoms with Crippen LogP contribution in [0.5, 0.6) is 11.5 Å². The van der Waals surface area contributed by atoms with Crippen molar-refractivity contribution in [3.63, 3.8) is 0 Å². The molecule has 0 bridgehead atoms. The second-order valence-corrected chi connectivity index (χ2v) is 10.0. The summed E-state index contributed by atoms with van der Waals surface area (Å²) in [5.41, 5.74) is 3.08. The monoisotopic (exact) mass is 477 g/mol. The van der Waals surface area contributed by atoms with Crippen LogP contribution in [-0.2, 0) is 24.4 Å². The predicted molar refractivity (Wildman–Crippen MR) is 130 cm³/mol. The van der Waals surface area contributed by atoms with E-state index in [1.165, 1.54) is 0 Å². The van der Waals surface area contributed by atoms with Crippen molar-refractivity contribution in [3.05, 3.63) is 76.7 Å². The molecule has 8 heteroatoms. The Balaban J connectivity index is 1.40. The third-order valence-corrected chi connectivity index (χ3v) is 5.56. The number of hydrogen-bond acceptors (Lipinski definition) is 6. The smallest absolute Gasteiger partial charge is 0.273 e. The Labute approximate surface area is 205 Å². The van der Waals surface area contributed by atoms with Gasteiger partial charge in [-0.15, -0.1) is 0 Å². The van der Waals surface area contributed by atoms with Crippen LogP contribution in [0.3, 0.4) is 0 Å². The molecular weight excluding hydrogens is 446 g/mol. The van der Waals surface area contributed by atoms with Crippen molar-refractivity contribution >= 4 is 11.8 Å². The number of benzene rings is 2. The van der Waals surface area contributed by atoms with Crippen LogP contribution >= 0.6 is 0 Å². The van der Waals surface area contributed by atoms with Crippen molar-refractivity contribution in [2.45, 2.75) is 53.8 Å². The molecular formula is C27H31N3O5. The van der Waals surface area contributed by atoms with E-state index in [0.717, 1.165) is 16.7 Å². The summed E-state index contributed by atoms with van der Waals surface area (Å²) < 4.78 is 16.1. The molecule has 1 N–H and O–H groups in total. The van der Waals surface area contributed by atoms with Gasteiger partial charge in [0.2, 0.25) is 12.7 Å². The first-order valence-electron chi connectivity index (χ1n) is 11.6. The van der Waals surface area contributed by atoms with Gasteiger partial charge in [0.05, 0.1) is 6.54 Å². The standard InChI is InChI=1S/C27H31N3O5/c1-18-5-7-19(8-6-18)15-30(25(31)13-27(2,3)4)16-21-12-22(29-35-21)26(32)28-14-20-9-10-23-24(11-20)34-17-33-23/h5-12H,13-17H2,1-4H3,(H,28,32). The minimum atomic E-state index is -0.358. The number of carbonyl (C=O) groups is 2. The number of aromatic nitrogens is 1. The van der Waals surface area contributed by atoms with E-state index in [0.29, 0.717) is 36.8 Å². The number of amides is 2. The van der Waals surface area contributed by atoms with Crippen LogP contribution < -0.4 is 14.8 Å². The van der Waals surface area contributed by atoms with Gasteiger partial charge in [-0.1, -0.05) is 61.8 Å². The summed E-state index contributed by atoms with van der Waals surface area (Å²) in [6, 6.07) is 15.2. The molecule has 0 aliphatic carbocycles. The molecule has 0 spiro atoms. The quantitative estimate of drug-likeness (QED) is 0.509. The highest BCUT2D eigenvalue weighted by Crippen LogP contribution is 2.32. The fourth-order valence-corrected chi connectivity index (χ4v) is 3.72. The van der Waals surface area contributed by atoms with E-state index in [2.05, 4.69) is 10.5 Å². The molecule has 0 unspecified atom stereocenters. The Morgan fingerprint density at radius 3 is 2.43 bits per heavy atom. The van der Waals surface area contributed by atoms with Crippen LogP contribution in [0.25, 0.3) is 0 Å². The molecule has 8 nitrogen and oxygen atoms in total. The zero-order chi connectivity index (χ0) is 25.0. The molecule has 0 atom stereocenters.